The van der Waals surface area contributed by atoms with Crippen LogP contribution in [0.2, 0.25) is 0 Å². The van der Waals surface area contributed by atoms with E-state index in [2.05, 4.69) is 31.8 Å². The third-order valence-electron chi connectivity index (χ3n) is 2.19. The van der Waals surface area contributed by atoms with Gasteiger partial charge in [0.2, 0.25) is 0 Å². The van der Waals surface area contributed by atoms with E-state index in [1.54, 1.807) is 18.9 Å². The van der Waals surface area contributed by atoms with Gasteiger partial charge in [-0.2, -0.15) is 0 Å². The molecular weight excluding hydrogens is 190 g/mol. The summed E-state index contributed by atoms with van der Waals surface area (Å²) >= 11 is 0. The molecule has 5 nitrogen and oxygen atoms in total. The zero-order valence-electron chi connectivity index (χ0n) is 8.59. The molecule has 2 aromatic heterocycles. The number of hydrogen-bond acceptors (Lipinski definition) is 4. The highest BCUT2D eigenvalue weighted by atomic mass is 15.2. The van der Waals surface area contributed by atoms with Gasteiger partial charge in [0.1, 0.15) is 12.1 Å². The second-order valence-corrected chi connectivity index (χ2v) is 3.16. The lowest BCUT2D eigenvalue weighted by molar-refractivity contribution is 0.795. The summed E-state index contributed by atoms with van der Waals surface area (Å²) in [6.45, 7) is 3.78. The van der Waals surface area contributed by atoms with Crippen molar-refractivity contribution in [3.63, 3.8) is 0 Å². The van der Waals surface area contributed by atoms with Crippen molar-refractivity contribution in [1.82, 2.24) is 19.9 Å². The van der Waals surface area contributed by atoms with Gasteiger partial charge in [-0.3, -0.25) is 0 Å². The average Bonchev–Trinajstić information content (AvgIpc) is 2.80. The maximum atomic E-state index is 4.21. The van der Waals surface area contributed by atoms with Gasteiger partial charge >= 0.3 is 0 Å². The molecule has 2 aromatic rings. The van der Waals surface area contributed by atoms with Crippen molar-refractivity contribution in [2.45, 2.75) is 13.5 Å². The zero-order chi connectivity index (χ0) is 10.5. The topological polar surface area (TPSA) is 57.7 Å². The fourth-order valence-corrected chi connectivity index (χ4v) is 1.40. The van der Waals surface area contributed by atoms with Gasteiger partial charge in [-0.1, -0.05) is 0 Å². The number of aromatic amines is 1. The molecule has 0 saturated heterocycles. The summed E-state index contributed by atoms with van der Waals surface area (Å²) in [5.41, 5.74) is 1.08. The number of imidazole rings is 1. The minimum absolute atomic E-state index is 0.785. The minimum Gasteiger partial charge on any atom is -0.351 e. The van der Waals surface area contributed by atoms with Gasteiger partial charge in [-0.15, -0.1) is 0 Å². The molecule has 0 radical (unpaired) electrons. The number of H-pyrrole nitrogens is 1. The molecule has 78 valence electrons. The molecule has 5 heteroatoms. The summed E-state index contributed by atoms with van der Waals surface area (Å²) < 4.78 is 0. The molecule has 0 amide bonds. The molecule has 0 atom stereocenters. The van der Waals surface area contributed by atoms with Crippen molar-refractivity contribution < 1.29 is 0 Å². The van der Waals surface area contributed by atoms with Gasteiger partial charge in [0.05, 0.1) is 18.6 Å². The lowest BCUT2D eigenvalue weighted by atomic mass is 10.4. The molecule has 2 heterocycles. The summed E-state index contributed by atoms with van der Waals surface area (Å²) in [4.78, 5) is 17.3. The Balaban J connectivity index is 2.12. The lowest BCUT2D eigenvalue weighted by Gasteiger charge is -2.20. The molecule has 0 aliphatic heterocycles. The molecule has 2 rings (SSSR count). The lowest BCUT2D eigenvalue weighted by Crippen LogP contribution is -2.23. The van der Waals surface area contributed by atoms with E-state index in [1.165, 1.54) is 0 Å². The summed E-state index contributed by atoms with van der Waals surface area (Å²) in [5, 5.41) is 0. The first-order valence-electron chi connectivity index (χ1n) is 4.88. The van der Waals surface area contributed by atoms with Crippen LogP contribution in [0, 0.1) is 0 Å². The van der Waals surface area contributed by atoms with E-state index >= 15 is 0 Å². The van der Waals surface area contributed by atoms with E-state index in [0.29, 0.717) is 0 Å². The Morgan fingerprint density at radius 1 is 1.40 bits per heavy atom. The molecule has 0 bridgehead atoms. The van der Waals surface area contributed by atoms with E-state index in [9.17, 15) is 0 Å². The SMILES string of the molecule is CCN(Cc1cnc[nH]1)c1ccncn1. The van der Waals surface area contributed by atoms with Gasteiger partial charge in [0, 0.05) is 18.9 Å². The van der Waals surface area contributed by atoms with Crippen LogP contribution in [0.1, 0.15) is 12.6 Å². The predicted molar refractivity (Wildman–Crippen MR) is 57.3 cm³/mol. The fraction of sp³-hybridized carbons (Fsp3) is 0.300. The summed E-state index contributed by atoms with van der Waals surface area (Å²) in [6, 6.07) is 1.90. The molecule has 0 spiro atoms. The first-order chi connectivity index (χ1) is 7.40. The zero-order valence-corrected chi connectivity index (χ0v) is 8.59. The molecule has 0 saturated carbocycles. The fourth-order valence-electron chi connectivity index (χ4n) is 1.40. The minimum atomic E-state index is 0.785. The quantitative estimate of drug-likeness (QED) is 0.811. The Kier molecular flexibility index (Phi) is 2.92. The standard InChI is InChI=1S/C10H13N5/c1-2-15(6-9-5-12-8-13-9)10-3-4-11-7-14-10/h3-5,7-8H,2,6H2,1H3,(H,12,13). The Labute approximate surface area is 88.2 Å². The van der Waals surface area contributed by atoms with Gasteiger partial charge in [-0.25, -0.2) is 15.0 Å². The van der Waals surface area contributed by atoms with Crippen LogP contribution >= 0.6 is 0 Å². The van der Waals surface area contributed by atoms with Crippen LogP contribution in [-0.4, -0.2) is 26.5 Å². The van der Waals surface area contributed by atoms with Crippen molar-refractivity contribution in [3.05, 3.63) is 36.8 Å². The summed E-state index contributed by atoms with van der Waals surface area (Å²) in [6.07, 6.45) is 6.82. The largest absolute Gasteiger partial charge is 0.351 e. The van der Waals surface area contributed by atoms with Crippen molar-refractivity contribution in [3.8, 4) is 0 Å². The highest BCUT2D eigenvalue weighted by molar-refractivity contribution is 5.36. The summed E-state index contributed by atoms with van der Waals surface area (Å²) in [5.74, 6) is 0.933. The summed E-state index contributed by atoms with van der Waals surface area (Å²) in [7, 11) is 0. The Bertz CT molecular complexity index is 383. The van der Waals surface area contributed by atoms with Gasteiger partial charge in [0.25, 0.3) is 0 Å². The van der Waals surface area contributed by atoms with Crippen molar-refractivity contribution >= 4 is 5.82 Å². The highest BCUT2D eigenvalue weighted by Gasteiger charge is 2.06. The Hall–Kier alpha value is -1.91. The number of nitrogens with one attached hydrogen (secondary N) is 1. The van der Waals surface area contributed by atoms with Gasteiger partial charge in [0.15, 0.2) is 0 Å². The smallest absolute Gasteiger partial charge is 0.132 e. The first-order valence-corrected chi connectivity index (χ1v) is 4.88. The van der Waals surface area contributed by atoms with E-state index in [1.807, 2.05) is 12.3 Å². The van der Waals surface area contributed by atoms with Gasteiger partial charge in [-0.05, 0) is 13.0 Å². The maximum absolute atomic E-state index is 4.21. The van der Waals surface area contributed by atoms with Crippen LogP contribution in [0.4, 0.5) is 5.82 Å². The van der Waals surface area contributed by atoms with Crippen molar-refractivity contribution in [2.75, 3.05) is 11.4 Å². The van der Waals surface area contributed by atoms with Crippen molar-refractivity contribution in [1.29, 1.82) is 0 Å². The second-order valence-electron chi connectivity index (χ2n) is 3.16. The molecular formula is C10H13N5. The highest BCUT2D eigenvalue weighted by Crippen LogP contribution is 2.10. The normalized spacial score (nSPS) is 10.2. The molecule has 0 aliphatic carbocycles. The van der Waals surface area contributed by atoms with Crippen LogP contribution in [0.15, 0.2) is 31.1 Å². The van der Waals surface area contributed by atoms with E-state index in [4.69, 9.17) is 0 Å². The van der Waals surface area contributed by atoms with Crippen LogP contribution in [0.5, 0.6) is 0 Å². The molecule has 0 aliphatic rings. The van der Waals surface area contributed by atoms with E-state index in [0.717, 1.165) is 24.6 Å². The van der Waals surface area contributed by atoms with E-state index < -0.39 is 0 Å². The monoisotopic (exact) mass is 203 g/mol. The molecule has 0 fully saturated rings. The number of hydrogen-bond donors (Lipinski definition) is 1. The average molecular weight is 203 g/mol. The maximum Gasteiger partial charge on any atom is 0.132 e. The molecule has 15 heavy (non-hydrogen) atoms. The number of rotatable bonds is 4. The number of aromatic nitrogens is 4. The third-order valence-corrected chi connectivity index (χ3v) is 2.19. The van der Waals surface area contributed by atoms with E-state index in [-0.39, 0.29) is 0 Å². The molecule has 0 aromatic carbocycles. The van der Waals surface area contributed by atoms with Crippen LogP contribution in [-0.2, 0) is 6.54 Å². The van der Waals surface area contributed by atoms with Crippen LogP contribution in [0.25, 0.3) is 0 Å². The Morgan fingerprint density at radius 3 is 2.93 bits per heavy atom. The van der Waals surface area contributed by atoms with Crippen molar-refractivity contribution in [2.24, 2.45) is 0 Å². The predicted octanol–water partition coefficient (Wildman–Crippen LogP) is 1.23. The molecule has 1 N–H and O–H groups in total. The number of anilines is 1. The third kappa shape index (κ3) is 2.31. The Morgan fingerprint density at radius 2 is 2.33 bits per heavy atom. The van der Waals surface area contributed by atoms with Gasteiger partial charge < -0.3 is 9.88 Å². The van der Waals surface area contributed by atoms with Crippen LogP contribution in [0.3, 0.4) is 0 Å². The second kappa shape index (κ2) is 4.54. The number of nitrogens with zero attached hydrogens (tertiary/aromatic N) is 4. The molecule has 0 unspecified atom stereocenters. The van der Waals surface area contributed by atoms with Crippen LogP contribution < -0.4 is 4.90 Å². The first kappa shape index (κ1) is 9.64.